The van der Waals surface area contributed by atoms with E-state index < -0.39 is 46.9 Å². The quantitative estimate of drug-likeness (QED) is 0.271. The van der Waals surface area contributed by atoms with Gasteiger partial charge in [0.1, 0.15) is 17.0 Å². The minimum atomic E-state index is -1.77. The Kier molecular flexibility index (Phi) is 9.27. The van der Waals surface area contributed by atoms with Crippen LogP contribution in [-0.2, 0) is 14.9 Å². The zero-order valence-electron chi connectivity index (χ0n) is 23.6. The molecule has 1 aliphatic rings. The molecule has 1 aliphatic heterocycles. The molecule has 220 valence electrons. The van der Waals surface area contributed by atoms with E-state index >= 15 is 8.78 Å². The van der Waals surface area contributed by atoms with Crippen molar-refractivity contribution in [3.8, 4) is 6.07 Å². The molecule has 10 heteroatoms. The molecule has 0 bridgehead atoms. The Hall–Kier alpha value is -3.51. The van der Waals surface area contributed by atoms with E-state index in [0.717, 1.165) is 6.07 Å². The molecule has 2 N–H and O–H groups in total. The largest absolute Gasteiger partial charge is 0.462 e. The summed E-state index contributed by atoms with van der Waals surface area (Å²) >= 11 is 12.3. The van der Waals surface area contributed by atoms with E-state index in [1.54, 1.807) is 19.1 Å². The standard InChI is InChI=1S/C32H31Cl2F2N3O3/c1-5-42-30(41)19-9-6-7-12-24(19)38-29(40)28-26(20-10-8-11-22(34)27(20)36)32(17-37,25(39-28)16-31(2,3)4)21-14-13-18(33)15-23(21)35/h6-15,25-26,28,39H,5,16H2,1-4H3,(H,38,40)/t25-,26?,28+,32-/m0/s1. The predicted molar refractivity (Wildman–Crippen MR) is 159 cm³/mol. The van der Waals surface area contributed by atoms with Gasteiger partial charge in [-0.15, -0.1) is 0 Å². The molecule has 3 aromatic rings. The van der Waals surface area contributed by atoms with Crippen molar-refractivity contribution in [1.82, 2.24) is 5.32 Å². The number of nitriles is 1. The molecule has 0 spiro atoms. The van der Waals surface area contributed by atoms with Crippen molar-refractivity contribution in [2.45, 2.75) is 57.5 Å². The number of ether oxygens (including phenoxy) is 1. The number of esters is 1. The summed E-state index contributed by atoms with van der Waals surface area (Å²) in [5.41, 5.74) is -1.91. The maximum Gasteiger partial charge on any atom is 0.340 e. The number of nitrogens with zero attached hydrogens (tertiary/aromatic N) is 1. The lowest BCUT2D eigenvalue weighted by atomic mass is 9.62. The molecule has 1 heterocycles. The van der Waals surface area contributed by atoms with E-state index in [-0.39, 0.29) is 44.4 Å². The van der Waals surface area contributed by atoms with Gasteiger partial charge in [0.2, 0.25) is 5.91 Å². The number of halogens is 4. The fourth-order valence-corrected chi connectivity index (χ4v) is 6.09. The number of benzene rings is 3. The molecule has 4 rings (SSSR count). The molecule has 1 amide bonds. The highest BCUT2D eigenvalue weighted by molar-refractivity contribution is 6.31. The normalized spacial score (nSPS) is 21.9. The van der Waals surface area contributed by atoms with Gasteiger partial charge in [0, 0.05) is 22.5 Å². The fourth-order valence-electron chi connectivity index (χ4n) is 5.75. The second-order valence-corrected chi connectivity index (χ2v) is 12.3. The van der Waals surface area contributed by atoms with Gasteiger partial charge in [-0.3, -0.25) is 4.79 Å². The smallest absolute Gasteiger partial charge is 0.340 e. The van der Waals surface area contributed by atoms with E-state index in [1.165, 1.54) is 42.5 Å². The van der Waals surface area contributed by atoms with E-state index in [2.05, 4.69) is 16.7 Å². The molecular formula is C32H31Cl2F2N3O3. The highest BCUT2D eigenvalue weighted by atomic mass is 35.5. The number of anilines is 1. The zero-order chi connectivity index (χ0) is 30.8. The number of nitrogens with one attached hydrogen (secondary N) is 2. The van der Waals surface area contributed by atoms with Gasteiger partial charge in [-0.1, -0.05) is 74.3 Å². The summed E-state index contributed by atoms with van der Waals surface area (Å²) in [6.07, 6.45) is 0.324. The maximum absolute atomic E-state index is 15.8. The van der Waals surface area contributed by atoms with E-state index in [4.69, 9.17) is 27.9 Å². The number of rotatable bonds is 7. The Morgan fingerprint density at radius 1 is 1.10 bits per heavy atom. The van der Waals surface area contributed by atoms with Gasteiger partial charge in [0.25, 0.3) is 0 Å². The fraction of sp³-hybridized carbons (Fsp3) is 0.344. The molecule has 42 heavy (non-hydrogen) atoms. The van der Waals surface area contributed by atoms with Crippen LogP contribution in [0, 0.1) is 28.4 Å². The molecule has 0 aromatic heterocycles. The lowest BCUT2D eigenvalue weighted by molar-refractivity contribution is -0.118. The SMILES string of the molecule is CCOC(=O)c1ccccc1NC(=O)[C@@H]1N[C@@H](CC(C)(C)C)[C@](C#N)(c2ccc(Cl)cc2F)C1c1cccc(Cl)c1F. The van der Waals surface area contributed by atoms with Crippen molar-refractivity contribution in [2.75, 3.05) is 11.9 Å². The monoisotopic (exact) mass is 613 g/mol. The Morgan fingerprint density at radius 2 is 1.81 bits per heavy atom. The minimum Gasteiger partial charge on any atom is -0.462 e. The minimum absolute atomic E-state index is 0.0252. The van der Waals surface area contributed by atoms with Gasteiger partial charge in [-0.2, -0.15) is 5.26 Å². The van der Waals surface area contributed by atoms with Crippen LogP contribution in [0.15, 0.2) is 60.7 Å². The number of hydrogen-bond donors (Lipinski definition) is 2. The van der Waals surface area contributed by atoms with Gasteiger partial charge < -0.3 is 15.4 Å². The van der Waals surface area contributed by atoms with Crippen molar-refractivity contribution >= 4 is 40.8 Å². The van der Waals surface area contributed by atoms with Crippen LogP contribution < -0.4 is 10.6 Å². The van der Waals surface area contributed by atoms with Gasteiger partial charge in [-0.05, 0) is 54.7 Å². The first-order chi connectivity index (χ1) is 19.8. The Balaban J connectivity index is 1.94. The second kappa shape index (κ2) is 12.4. The number of carbonyl (C=O) groups excluding carboxylic acids is 2. The molecule has 1 unspecified atom stereocenters. The molecule has 1 saturated heterocycles. The van der Waals surface area contributed by atoms with Crippen LogP contribution in [0.2, 0.25) is 10.0 Å². The topological polar surface area (TPSA) is 91.2 Å². The third-order valence-corrected chi connectivity index (χ3v) is 7.94. The molecule has 3 aromatic carbocycles. The highest BCUT2D eigenvalue weighted by Gasteiger charge is 2.61. The summed E-state index contributed by atoms with van der Waals surface area (Å²) in [5, 5.41) is 16.9. The molecule has 6 nitrogen and oxygen atoms in total. The average Bonchev–Trinajstić information content (AvgIpc) is 3.23. The Morgan fingerprint density at radius 3 is 2.45 bits per heavy atom. The number of hydrogen-bond acceptors (Lipinski definition) is 5. The highest BCUT2D eigenvalue weighted by Crippen LogP contribution is 2.53. The molecule has 0 aliphatic carbocycles. The van der Waals surface area contributed by atoms with Crippen molar-refractivity contribution in [2.24, 2.45) is 5.41 Å². The molecule has 1 fully saturated rings. The van der Waals surface area contributed by atoms with E-state index in [0.29, 0.717) is 6.42 Å². The van der Waals surface area contributed by atoms with Crippen LogP contribution in [0.3, 0.4) is 0 Å². The van der Waals surface area contributed by atoms with Crippen LogP contribution in [0.25, 0.3) is 0 Å². The van der Waals surface area contributed by atoms with Gasteiger partial charge >= 0.3 is 5.97 Å². The lowest BCUT2D eigenvalue weighted by Crippen LogP contribution is -2.45. The number of carbonyl (C=O) groups is 2. The molecule has 4 atom stereocenters. The second-order valence-electron chi connectivity index (χ2n) is 11.4. The summed E-state index contributed by atoms with van der Waals surface area (Å²) in [7, 11) is 0. The number of para-hydroxylation sites is 1. The van der Waals surface area contributed by atoms with Crippen LogP contribution in [0.5, 0.6) is 0 Å². The van der Waals surface area contributed by atoms with Crippen molar-refractivity contribution in [3.05, 3.63) is 99.0 Å². The summed E-state index contributed by atoms with van der Waals surface area (Å²) in [6, 6.07) is 14.9. The van der Waals surface area contributed by atoms with E-state index in [1.807, 2.05) is 20.8 Å². The van der Waals surface area contributed by atoms with E-state index in [9.17, 15) is 14.9 Å². The maximum atomic E-state index is 15.8. The van der Waals surface area contributed by atoms with Crippen molar-refractivity contribution in [1.29, 1.82) is 5.26 Å². The zero-order valence-corrected chi connectivity index (χ0v) is 25.1. The number of amides is 1. The van der Waals surface area contributed by atoms with Gasteiger partial charge in [-0.25, -0.2) is 13.6 Å². The Labute approximate surface area is 254 Å². The Bertz CT molecular complexity index is 1550. The predicted octanol–water partition coefficient (Wildman–Crippen LogP) is 7.41. The first kappa shape index (κ1) is 31.4. The van der Waals surface area contributed by atoms with Gasteiger partial charge in [0.15, 0.2) is 0 Å². The van der Waals surface area contributed by atoms with Crippen molar-refractivity contribution in [3.63, 3.8) is 0 Å². The third kappa shape index (κ3) is 6.00. The summed E-state index contributed by atoms with van der Waals surface area (Å²) in [5.74, 6) is -4.10. The molecule has 0 radical (unpaired) electrons. The molecule has 0 saturated carbocycles. The first-order valence-electron chi connectivity index (χ1n) is 13.5. The summed E-state index contributed by atoms with van der Waals surface area (Å²) in [4.78, 5) is 26.7. The van der Waals surface area contributed by atoms with Crippen molar-refractivity contribution < 1.29 is 23.1 Å². The summed E-state index contributed by atoms with van der Waals surface area (Å²) in [6.45, 7) is 7.65. The van der Waals surface area contributed by atoms with Crippen LogP contribution in [0.1, 0.15) is 61.5 Å². The first-order valence-corrected chi connectivity index (χ1v) is 14.2. The van der Waals surface area contributed by atoms with Crippen LogP contribution in [-0.4, -0.2) is 30.6 Å². The average molecular weight is 615 g/mol. The van der Waals surface area contributed by atoms with Crippen LogP contribution in [0.4, 0.5) is 14.5 Å². The third-order valence-electron chi connectivity index (χ3n) is 7.41. The van der Waals surface area contributed by atoms with Gasteiger partial charge in [0.05, 0.1) is 35.0 Å². The van der Waals surface area contributed by atoms with Crippen LogP contribution >= 0.6 is 23.2 Å². The lowest BCUT2D eigenvalue weighted by Gasteiger charge is -2.37. The summed E-state index contributed by atoms with van der Waals surface area (Å²) < 4.78 is 36.7. The molecular weight excluding hydrogens is 583 g/mol.